The molecule has 1 atom stereocenters. The van der Waals surface area contributed by atoms with Crippen LogP contribution in [-0.2, 0) is 11.8 Å². The summed E-state index contributed by atoms with van der Waals surface area (Å²) in [5.41, 5.74) is 2.60. The molecule has 1 aliphatic rings. The van der Waals surface area contributed by atoms with Gasteiger partial charge in [-0.25, -0.2) is 4.98 Å². The van der Waals surface area contributed by atoms with Crippen LogP contribution in [0.4, 0.5) is 5.95 Å². The fraction of sp³-hybridized carbons (Fsp3) is 0.250. The highest BCUT2D eigenvalue weighted by Gasteiger charge is 2.28. The molecule has 0 saturated carbocycles. The van der Waals surface area contributed by atoms with E-state index in [9.17, 15) is 4.79 Å². The highest BCUT2D eigenvalue weighted by Crippen LogP contribution is 2.29. The van der Waals surface area contributed by atoms with E-state index in [4.69, 9.17) is 9.72 Å². The quantitative estimate of drug-likeness (QED) is 0.695. The Bertz CT molecular complexity index is 947. The van der Waals surface area contributed by atoms with Crippen LogP contribution in [0.1, 0.15) is 11.6 Å². The summed E-state index contributed by atoms with van der Waals surface area (Å²) in [5.74, 6) is 0.654. The Morgan fingerprint density at radius 2 is 1.85 bits per heavy atom. The molecule has 140 valence electrons. The van der Waals surface area contributed by atoms with Crippen molar-refractivity contribution in [3.63, 3.8) is 0 Å². The maximum Gasteiger partial charge on any atom is 0.255 e. The molecule has 0 N–H and O–H groups in total. The van der Waals surface area contributed by atoms with E-state index in [1.54, 1.807) is 30.1 Å². The van der Waals surface area contributed by atoms with Crippen LogP contribution in [0.25, 0.3) is 11.3 Å². The molecular formula is C20H21ClN4O2. The van der Waals surface area contributed by atoms with Crippen molar-refractivity contribution in [1.82, 2.24) is 14.5 Å². The third-order valence-electron chi connectivity index (χ3n) is 4.66. The molecule has 2 aromatic heterocycles. The molecule has 0 bridgehead atoms. The molecule has 3 aromatic rings. The largest absolute Gasteiger partial charge is 0.377 e. The van der Waals surface area contributed by atoms with Crippen molar-refractivity contribution in [3.8, 4) is 11.3 Å². The molecule has 0 radical (unpaired) electrons. The molecule has 6 nitrogen and oxygen atoms in total. The minimum absolute atomic E-state index is 0. The first-order valence-corrected chi connectivity index (χ1v) is 8.62. The number of halogens is 1. The summed E-state index contributed by atoms with van der Waals surface area (Å²) in [4.78, 5) is 23.6. The first kappa shape index (κ1) is 19.1. The van der Waals surface area contributed by atoms with Crippen LogP contribution in [-0.4, -0.2) is 34.3 Å². The Kier molecular flexibility index (Phi) is 5.88. The van der Waals surface area contributed by atoms with E-state index in [2.05, 4.69) is 22.0 Å². The average Bonchev–Trinajstić information content (AvgIpc) is 2.71. The number of aromatic nitrogens is 3. The average molecular weight is 385 g/mol. The van der Waals surface area contributed by atoms with Crippen molar-refractivity contribution in [2.24, 2.45) is 7.05 Å². The number of morpholine rings is 1. The molecule has 4 rings (SSSR count). The lowest BCUT2D eigenvalue weighted by molar-refractivity contribution is 0.0928. The summed E-state index contributed by atoms with van der Waals surface area (Å²) in [7, 11) is 1.76. The lowest BCUT2D eigenvalue weighted by atomic mass is 10.1. The van der Waals surface area contributed by atoms with Gasteiger partial charge in [-0.3, -0.25) is 14.3 Å². The second-order valence-corrected chi connectivity index (χ2v) is 6.27. The summed E-state index contributed by atoms with van der Waals surface area (Å²) < 4.78 is 7.31. The molecule has 0 aliphatic carbocycles. The van der Waals surface area contributed by atoms with Gasteiger partial charge in [0.2, 0.25) is 5.95 Å². The maximum atomic E-state index is 12.6. The van der Waals surface area contributed by atoms with Crippen LogP contribution >= 0.6 is 12.4 Å². The van der Waals surface area contributed by atoms with Crippen LogP contribution in [0.3, 0.4) is 0 Å². The number of hydrogen-bond acceptors (Lipinski definition) is 5. The van der Waals surface area contributed by atoms with Gasteiger partial charge in [0.1, 0.15) is 0 Å². The Balaban J connectivity index is 0.00000210. The van der Waals surface area contributed by atoms with Crippen LogP contribution in [0.2, 0.25) is 0 Å². The molecule has 7 heteroatoms. The second kappa shape index (κ2) is 8.33. The third kappa shape index (κ3) is 3.86. The first-order valence-electron chi connectivity index (χ1n) is 8.62. The van der Waals surface area contributed by atoms with Gasteiger partial charge in [-0.1, -0.05) is 30.3 Å². The minimum Gasteiger partial charge on any atom is -0.377 e. The zero-order valence-corrected chi connectivity index (χ0v) is 15.8. The van der Waals surface area contributed by atoms with Gasteiger partial charge in [-0.15, -0.1) is 12.4 Å². The Morgan fingerprint density at radius 1 is 1.11 bits per heavy atom. The third-order valence-corrected chi connectivity index (χ3v) is 4.66. The van der Waals surface area contributed by atoms with Crippen molar-refractivity contribution >= 4 is 18.4 Å². The molecule has 1 aliphatic heterocycles. The standard InChI is InChI=1S/C20H20N4O2.ClH/c1-23-19(25)13-17(15-7-9-21-10-8-15)22-20(23)24-11-12-26-14-18(24)16-5-3-2-4-6-16;/h2-10,13,18H,11-12,14H2,1H3;1H/t18-;/m0./s1. The molecule has 1 fully saturated rings. The molecule has 27 heavy (non-hydrogen) atoms. The number of hydrogen-bond donors (Lipinski definition) is 0. The summed E-state index contributed by atoms with van der Waals surface area (Å²) in [6.07, 6.45) is 3.41. The molecule has 1 saturated heterocycles. The van der Waals surface area contributed by atoms with E-state index in [0.717, 1.165) is 11.1 Å². The topological polar surface area (TPSA) is 60.2 Å². The summed E-state index contributed by atoms with van der Waals surface area (Å²) >= 11 is 0. The van der Waals surface area contributed by atoms with E-state index < -0.39 is 0 Å². The van der Waals surface area contributed by atoms with Crippen LogP contribution < -0.4 is 10.5 Å². The smallest absolute Gasteiger partial charge is 0.255 e. The SMILES string of the molecule is Cl.Cn1c(N2CCOC[C@H]2c2ccccc2)nc(-c2ccncc2)cc1=O. The summed E-state index contributed by atoms with van der Waals surface area (Å²) in [6.45, 7) is 1.86. The molecule has 1 aromatic carbocycles. The predicted molar refractivity (Wildman–Crippen MR) is 107 cm³/mol. The summed E-state index contributed by atoms with van der Waals surface area (Å²) in [6, 6.07) is 15.5. The van der Waals surface area contributed by atoms with Crippen molar-refractivity contribution in [2.75, 3.05) is 24.7 Å². The number of nitrogens with zero attached hydrogens (tertiary/aromatic N) is 4. The molecule has 0 spiro atoms. The van der Waals surface area contributed by atoms with E-state index in [-0.39, 0.29) is 24.0 Å². The lowest BCUT2D eigenvalue weighted by Gasteiger charge is -2.37. The zero-order valence-electron chi connectivity index (χ0n) is 15.0. The Morgan fingerprint density at radius 3 is 2.59 bits per heavy atom. The van der Waals surface area contributed by atoms with Crippen molar-refractivity contribution < 1.29 is 4.74 Å². The number of ether oxygens (including phenoxy) is 1. The van der Waals surface area contributed by atoms with Gasteiger partial charge in [0.15, 0.2) is 0 Å². The molecule has 0 unspecified atom stereocenters. The zero-order chi connectivity index (χ0) is 17.9. The normalized spacial score (nSPS) is 16.6. The lowest BCUT2D eigenvalue weighted by Crippen LogP contribution is -2.42. The van der Waals surface area contributed by atoms with Gasteiger partial charge in [0.05, 0.1) is 24.9 Å². The maximum absolute atomic E-state index is 12.6. The highest BCUT2D eigenvalue weighted by molar-refractivity contribution is 5.85. The van der Waals surface area contributed by atoms with E-state index >= 15 is 0 Å². The van der Waals surface area contributed by atoms with Crippen LogP contribution in [0, 0.1) is 0 Å². The number of pyridine rings is 1. The van der Waals surface area contributed by atoms with Crippen LogP contribution in [0.15, 0.2) is 65.7 Å². The monoisotopic (exact) mass is 384 g/mol. The van der Waals surface area contributed by atoms with Gasteiger partial charge in [-0.2, -0.15) is 0 Å². The molecular weight excluding hydrogens is 364 g/mol. The fourth-order valence-corrected chi connectivity index (χ4v) is 3.25. The Hall–Kier alpha value is -2.70. The first-order chi connectivity index (χ1) is 12.7. The van der Waals surface area contributed by atoms with Gasteiger partial charge < -0.3 is 9.64 Å². The summed E-state index contributed by atoms with van der Waals surface area (Å²) in [5, 5.41) is 0. The van der Waals surface area contributed by atoms with Crippen molar-refractivity contribution in [1.29, 1.82) is 0 Å². The number of benzene rings is 1. The predicted octanol–water partition coefficient (Wildman–Crippen LogP) is 2.84. The second-order valence-electron chi connectivity index (χ2n) is 6.27. The fourth-order valence-electron chi connectivity index (χ4n) is 3.25. The molecule has 0 amide bonds. The van der Waals surface area contributed by atoms with Gasteiger partial charge in [0, 0.05) is 37.6 Å². The molecule has 3 heterocycles. The Labute approximate surface area is 163 Å². The number of rotatable bonds is 3. The van der Waals surface area contributed by atoms with E-state index in [1.165, 1.54) is 0 Å². The van der Waals surface area contributed by atoms with Crippen LogP contribution in [0.5, 0.6) is 0 Å². The van der Waals surface area contributed by atoms with Gasteiger partial charge >= 0.3 is 0 Å². The highest BCUT2D eigenvalue weighted by atomic mass is 35.5. The van der Waals surface area contributed by atoms with Gasteiger partial charge in [0.25, 0.3) is 5.56 Å². The van der Waals surface area contributed by atoms with Gasteiger partial charge in [-0.05, 0) is 17.7 Å². The number of anilines is 1. The van der Waals surface area contributed by atoms with Crippen molar-refractivity contribution in [3.05, 3.63) is 76.8 Å². The van der Waals surface area contributed by atoms with E-state index in [1.807, 2.05) is 30.3 Å². The van der Waals surface area contributed by atoms with Crippen molar-refractivity contribution in [2.45, 2.75) is 6.04 Å². The minimum atomic E-state index is -0.0832. The van der Waals surface area contributed by atoms with E-state index in [0.29, 0.717) is 31.4 Å².